The highest BCUT2D eigenvalue weighted by Crippen LogP contribution is 2.41. The Morgan fingerprint density at radius 2 is 1.69 bits per heavy atom. The number of carbonyl (C=O) groups excluding carboxylic acids is 2. The largest absolute Gasteiger partial charge is 0.446 e. The van der Waals surface area contributed by atoms with Gasteiger partial charge in [-0.25, -0.2) is 14.5 Å². The van der Waals surface area contributed by atoms with Crippen LogP contribution in [0.3, 0.4) is 0 Å². The number of amides is 2. The molecule has 3 heterocycles. The molecule has 2 atom stereocenters. The van der Waals surface area contributed by atoms with E-state index in [0.717, 1.165) is 12.8 Å². The van der Waals surface area contributed by atoms with Crippen molar-refractivity contribution < 1.29 is 33.0 Å². The Morgan fingerprint density at radius 3 is 2.26 bits per heavy atom. The molecule has 10 nitrogen and oxygen atoms in total. The zero-order chi connectivity index (χ0) is 24.8. The second-order valence-electron chi connectivity index (χ2n) is 9.63. The standard InChI is InChI=1S/C24H35N3O7S/c28-21(25-30)24(10-14-27(15-11-24)23(29)34-20-8-16-33-17-9-20)22(35(31)32)26-12-6-19(7-13-26)18-4-2-1-3-5-18/h1-5,19-20,22,30H,6-17H2,(H,25,28)(H,31,32). The van der Waals surface area contributed by atoms with Crippen LogP contribution in [0.4, 0.5) is 4.79 Å². The average molecular weight is 510 g/mol. The van der Waals surface area contributed by atoms with Crippen LogP contribution < -0.4 is 5.48 Å². The molecule has 3 aliphatic heterocycles. The van der Waals surface area contributed by atoms with Crippen molar-refractivity contribution in [3.8, 4) is 0 Å². The minimum absolute atomic E-state index is 0.151. The molecule has 11 heteroatoms. The van der Waals surface area contributed by atoms with Crippen LogP contribution in [-0.2, 0) is 25.3 Å². The summed E-state index contributed by atoms with van der Waals surface area (Å²) in [6.07, 6.45) is 2.58. The van der Waals surface area contributed by atoms with Gasteiger partial charge in [0.2, 0.25) is 0 Å². The van der Waals surface area contributed by atoms with Crippen molar-refractivity contribution in [3.05, 3.63) is 35.9 Å². The van der Waals surface area contributed by atoms with Crippen LogP contribution in [0, 0.1) is 5.41 Å². The van der Waals surface area contributed by atoms with Crippen LogP contribution in [0.15, 0.2) is 30.3 Å². The number of benzene rings is 1. The molecular formula is C24H35N3O7S. The van der Waals surface area contributed by atoms with Crippen molar-refractivity contribution in [2.45, 2.75) is 55.9 Å². The van der Waals surface area contributed by atoms with Gasteiger partial charge in [0.25, 0.3) is 5.91 Å². The number of likely N-dealkylation sites (tertiary alicyclic amines) is 2. The molecule has 194 valence electrons. The van der Waals surface area contributed by atoms with Gasteiger partial charge in [0.15, 0.2) is 11.1 Å². The van der Waals surface area contributed by atoms with E-state index in [1.807, 2.05) is 23.1 Å². The van der Waals surface area contributed by atoms with E-state index in [1.54, 1.807) is 5.48 Å². The van der Waals surface area contributed by atoms with E-state index < -0.39 is 33.9 Å². The summed E-state index contributed by atoms with van der Waals surface area (Å²) in [6, 6.07) is 10.2. The summed E-state index contributed by atoms with van der Waals surface area (Å²) in [6.45, 7) is 2.64. The third kappa shape index (κ3) is 5.86. The fourth-order valence-corrected chi connectivity index (χ4v) is 6.85. The summed E-state index contributed by atoms with van der Waals surface area (Å²) in [5, 5.41) is 8.56. The van der Waals surface area contributed by atoms with Crippen molar-refractivity contribution in [2.75, 3.05) is 39.4 Å². The molecule has 0 saturated carbocycles. The maximum atomic E-state index is 13.0. The lowest BCUT2D eigenvalue weighted by atomic mass is 9.76. The molecule has 1 aromatic rings. The van der Waals surface area contributed by atoms with E-state index in [4.69, 9.17) is 9.47 Å². The quantitative estimate of drug-likeness (QED) is 0.303. The van der Waals surface area contributed by atoms with E-state index in [-0.39, 0.29) is 32.0 Å². The lowest BCUT2D eigenvalue weighted by Gasteiger charge is -2.48. The summed E-state index contributed by atoms with van der Waals surface area (Å²) in [7, 11) is 0. The molecule has 0 bridgehead atoms. The molecular weight excluding hydrogens is 474 g/mol. The van der Waals surface area contributed by atoms with Gasteiger partial charge in [-0.1, -0.05) is 30.3 Å². The number of ether oxygens (including phenoxy) is 2. The monoisotopic (exact) mass is 509 g/mol. The van der Waals surface area contributed by atoms with E-state index in [2.05, 4.69) is 12.1 Å². The van der Waals surface area contributed by atoms with Gasteiger partial charge in [0.1, 0.15) is 11.5 Å². The first-order chi connectivity index (χ1) is 16.9. The Morgan fingerprint density at radius 1 is 1.06 bits per heavy atom. The highest BCUT2D eigenvalue weighted by molar-refractivity contribution is 7.79. The Balaban J connectivity index is 1.44. The van der Waals surface area contributed by atoms with Crippen LogP contribution in [0.5, 0.6) is 0 Å². The molecule has 0 spiro atoms. The molecule has 35 heavy (non-hydrogen) atoms. The molecule has 3 aliphatic rings. The normalized spacial score (nSPS) is 23.9. The van der Waals surface area contributed by atoms with Crippen molar-refractivity contribution in [3.63, 3.8) is 0 Å². The predicted molar refractivity (Wildman–Crippen MR) is 128 cm³/mol. The smallest absolute Gasteiger partial charge is 0.410 e. The first-order valence-corrected chi connectivity index (χ1v) is 13.5. The van der Waals surface area contributed by atoms with Crippen LogP contribution in [-0.4, -0.2) is 86.6 Å². The molecule has 3 saturated heterocycles. The predicted octanol–water partition coefficient (Wildman–Crippen LogP) is 2.32. The second-order valence-corrected chi connectivity index (χ2v) is 10.6. The minimum atomic E-state index is -2.34. The number of piperidine rings is 2. The van der Waals surface area contributed by atoms with Crippen LogP contribution in [0.2, 0.25) is 0 Å². The molecule has 0 aliphatic carbocycles. The van der Waals surface area contributed by atoms with Crippen molar-refractivity contribution in [2.24, 2.45) is 5.41 Å². The Kier molecular flexibility index (Phi) is 8.77. The van der Waals surface area contributed by atoms with Crippen molar-refractivity contribution in [1.82, 2.24) is 15.3 Å². The third-order valence-corrected chi connectivity index (χ3v) is 8.83. The summed E-state index contributed by atoms with van der Waals surface area (Å²) < 4.78 is 33.9. The summed E-state index contributed by atoms with van der Waals surface area (Å²) in [5.74, 6) is -0.336. The van der Waals surface area contributed by atoms with Crippen molar-refractivity contribution >= 4 is 23.1 Å². The number of hydroxylamine groups is 1. The maximum absolute atomic E-state index is 13.0. The van der Waals surface area contributed by atoms with Gasteiger partial charge in [0, 0.05) is 25.9 Å². The maximum Gasteiger partial charge on any atom is 0.410 e. The fourth-order valence-electron chi connectivity index (χ4n) is 5.66. The van der Waals surface area contributed by atoms with Gasteiger partial charge in [0.05, 0.1) is 18.6 Å². The zero-order valence-corrected chi connectivity index (χ0v) is 20.7. The number of nitrogens with zero attached hydrogens (tertiary/aromatic N) is 2. The SMILES string of the molecule is O=C(OC1CCOCC1)N1CCC(C(=O)NO)(C(N2CCC(c3ccccc3)CC2)S(=O)O)CC1. The Labute approximate surface area is 208 Å². The zero-order valence-electron chi connectivity index (χ0n) is 19.8. The van der Waals surface area contributed by atoms with E-state index in [9.17, 15) is 23.6 Å². The second kappa shape index (κ2) is 11.8. The molecule has 0 aromatic heterocycles. The van der Waals surface area contributed by atoms with Crippen LogP contribution in [0.25, 0.3) is 0 Å². The molecule has 4 rings (SSSR count). The summed E-state index contributed by atoms with van der Waals surface area (Å²) in [4.78, 5) is 29.1. The first kappa shape index (κ1) is 26.0. The van der Waals surface area contributed by atoms with Gasteiger partial charge in [-0.05, 0) is 50.3 Å². The Bertz CT molecular complexity index is 880. The minimum Gasteiger partial charge on any atom is -0.446 e. The highest BCUT2D eigenvalue weighted by atomic mass is 32.2. The average Bonchev–Trinajstić information content (AvgIpc) is 2.90. The highest BCUT2D eigenvalue weighted by Gasteiger charge is 2.53. The van der Waals surface area contributed by atoms with Gasteiger partial charge in [-0.2, -0.15) is 0 Å². The molecule has 3 N–H and O–H groups in total. The summed E-state index contributed by atoms with van der Waals surface area (Å²) >= 11 is -2.34. The third-order valence-electron chi connectivity index (χ3n) is 7.70. The number of hydrogen-bond acceptors (Lipinski definition) is 7. The topological polar surface area (TPSA) is 129 Å². The number of carbonyl (C=O) groups is 2. The Hall–Kier alpha value is -2.05. The molecule has 2 amide bonds. The van der Waals surface area contributed by atoms with E-state index in [0.29, 0.717) is 45.1 Å². The van der Waals surface area contributed by atoms with Crippen LogP contribution >= 0.6 is 0 Å². The lowest BCUT2D eigenvalue weighted by Crippen LogP contribution is -2.62. The van der Waals surface area contributed by atoms with Gasteiger partial charge >= 0.3 is 6.09 Å². The number of rotatable bonds is 6. The summed E-state index contributed by atoms with van der Waals surface area (Å²) in [5.41, 5.74) is 1.68. The van der Waals surface area contributed by atoms with Gasteiger partial charge in [-0.3, -0.25) is 14.9 Å². The van der Waals surface area contributed by atoms with Gasteiger partial charge < -0.3 is 18.9 Å². The molecule has 0 radical (unpaired) electrons. The first-order valence-electron chi connectivity index (χ1n) is 12.3. The number of hydrogen-bond donors (Lipinski definition) is 3. The molecule has 3 fully saturated rings. The van der Waals surface area contributed by atoms with Gasteiger partial charge in [-0.15, -0.1) is 0 Å². The van der Waals surface area contributed by atoms with E-state index >= 15 is 0 Å². The number of nitrogens with one attached hydrogen (secondary N) is 1. The van der Waals surface area contributed by atoms with E-state index in [1.165, 1.54) is 10.5 Å². The molecule has 1 aromatic carbocycles. The molecule has 2 unspecified atom stereocenters. The van der Waals surface area contributed by atoms with Crippen LogP contribution in [0.1, 0.15) is 50.0 Å². The fraction of sp³-hybridized carbons (Fsp3) is 0.667. The lowest BCUT2D eigenvalue weighted by molar-refractivity contribution is -0.146. The van der Waals surface area contributed by atoms with Crippen molar-refractivity contribution in [1.29, 1.82) is 0 Å².